The molecule has 0 spiro atoms. The molecule has 0 aromatic rings. The maximum absolute atomic E-state index is 11.9. The first-order chi connectivity index (χ1) is 8.69. The zero-order chi connectivity index (χ0) is 13.4. The number of rotatable bonds is 3. The van der Waals surface area contributed by atoms with Gasteiger partial charge in [0.25, 0.3) is 0 Å². The minimum atomic E-state index is -0.365. The first kappa shape index (κ1) is 14.3. The van der Waals surface area contributed by atoms with Crippen molar-refractivity contribution < 1.29 is 9.53 Å². The lowest BCUT2D eigenvalue weighted by atomic mass is 10.1. The Balaban J connectivity index is 2.95. The average Bonchev–Trinajstić information content (AvgIpc) is 2.42. The van der Waals surface area contributed by atoms with Crippen molar-refractivity contribution in [3.63, 3.8) is 0 Å². The highest BCUT2D eigenvalue weighted by Gasteiger charge is 2.19. The van der Waals surface area contributed by atoms with Crippen LogP contribution in [0.2, 0.25) is 0 Å². The summed E-state index contributed by atoms with van der Waals surface area (Å²) in [5.74, 6) is -0.365. The molecule has 1 aliphatic heterocycles. The van der Waals surface area contributed by atoms with Crippen molar-refractivity contribution in [1.82, 2.24) is 4.90 Å². The summed E-state index contributed by atoms with van der Waals surface area (Å²) in [6, 6.07) is 2.10. The molecule has 18 heavy (non-hydrogen) atoms. The van der Waals surface area contributed by atoms with Crippen LogP contribution in [0, 0.1) is 11.3 Å². The van der Waals surface area contributed by atoms with Gasteiger partial charge in [-0.2, -0.15) is 5.26 Å². The van der Waals surface area contributed by atoms with Crippen LogP contribution < -0.4 is 0 Å². The lowest BCUT2D eigenvalue weighted by Crippen LogP contribution is -2.30. The van der Waals surface area contributed by atoms with E-state index in [-0.39, 0.29) is 12.5 Å². The van der Waals surface area contributed by atoms with E-state index in [4.69, 9.17) is 10.00 Å². The van der Waals surface area contributed by atoms with E-state index in [9.17, 15) is 4.79 Å². The number of hydrogen-bond donors (Lipinski definition) is 0. The van der Waals surface area contributed by atoms with E-state index in [2.05, 4.69) is 12.6 Å². The van der Waals surface area contributed by atoms with E-state index >= 15 is 0 Å². The van der Waals surface area contributed by atoms with Gasteiger partial charge in [0.15, 0.2) is 0 Å². The second-order valence-electron chi connectivity index (χ2n) is 4.30. The topological polar surface area (TPSA) is 53.3 Å². The fourth-order valence-electron chi connectivity index (χ4n) is 1.95. The molecule has 4 heteroatoms. The Morgan fingerprint density at radius 1 is 1.56 bits per heavy atom. The summed E-state index contributed by atoms with van der Waals surface area (Å²) in [5.41, 5.74) is 1.38. The Hall–Kier alpha value is -1.76. The SMILES string of the molecule is C=C1/C=C(/C(=O)OCC)N(CC#N)CCCCC1. The summed E-state index contributed by atoms with van der Waals surface area (Å²) in [4.78, 5) is 13.7. The maximum atomic E-state index is 11.9. The number of nitriles is 1. The van der Waals surface area contributed by atoms with Crippen molar-refractivity contribution in [3.05, 3.63) is 23.9 Å². The second-order valence-corrected chi connectivity index (χ2v) is 4.30. The van der Waals surface area contributed by atoms with Gasteiger partial charge < -0.3 is 9.64 Å². The number of carbonyl (C=O) groups excluding carboxylic acids is 1. The normalized spacial score (nSPS) is 19.9. The minimum absolute atomic E-state index is 0.206. The molecular formula is C14H20N2O2. The van der Waals surface area contributed by atoms with Crippen LogP contribution in [0.15, 0.2) is 23.9 Å². The van der Waals surface area contributed by atoms with Crippen molar-refractivity contribution in [2.24, 2.45) is 0 Å². The van der Waals surface area contributed by atoms with Crippen LogP contribution in [-0.4, -0.2) is 30.6 Å². The van der Waals surface area contributed by atoms with Crippen LogP contribution in [0.4, 0.5) is 0 Å². The van der Waals surface area contributed by atoms with E-state index in [0.717, 1.165) is 31.3 Å². The van der Waals surface area contributed by atoms with Gasteiger partial charge in [-0.3, -0.25) is 0 Å². The molecule has 0 atom stereocenters. The molecule has 0 aromatic carbocycles. The highest BCUT2D eigenvalue weighted by Crippen LogP contribution is 2.18. The van der Waals surface area contributed by atoms with Gasteiger partial charge in [0.05, 0.1) is 12.7 Å². The van der Waals surface area contributed by atoms with E-state index in [1.54, 1.807) is 17.9 Å². The van der Waals surface area contributed by atoms with Crippen molar-refractivity contribution in [3.8, 4) is 6.07 Å². The molecule has 4 nitrogen and oxygen atoms in total. The lowest BCUT2D eigenvalue weighted by molar-refractivity contribution is -0.140. The molecule has 1 heterocycles. The van der Waals surface area contributed by atoms with Crippen LogP contribution in [0.25, 0.3) is 0 Å². The van der Waals surface area contributed by atoms with E-state index in [1.807, 2.05) is 0 Å². The quantitative estimate of drug-likeness (QED) is 0.568. The predicted octanol–water partition coefficient (Wildman–Crippen LogP) is 2.39. The molecule has 0 unspecified atom stereocenters. The van der Waals surface area contributed by atoms with Gasteiger partial charge in [0, 0.05) is 6.54 Å². The summed E-state index contributed by atoms with van der Waals surface area (Å²) in [5, 5.41) is 8.85. The molecule has 0 saturated heterocycles. The van der Waals surface area contributed by atoms with Gasteiger partial charge in [0.1, 0.15) is 12.2 Å². The summed E-state index contributed by atoms with van der Waals surface area (Å²) in [6.45, 7) is 6.98. The molecule has 0 amide bonds. The molecular weight excluding hydrogens is 228 g/mol. The maximum Gasteiger partial charge on any atom is 0.354 e. The van der Waals surface area contributed by atoms with Crippen LogP contribution in [0.1, 0.15) is 32.6 Å². The Morgan fingerprint density at radius 3 is 3.00 bits per heavy atom. The van der Waals surface area contributed by atoms with Crippen molar-refractivity contribution in [2.75, 3.05) is 19.7 Å². The monoisotopic (exact) mass is 248 g/mol. The summed E-state index contributed by atoms with van der Waals surface area (Å²) < 4.78 is 5.04. The number of nitrogens with zero attached hydrogens (tertiary/aromatic N) is 2. The summed E-state index contributed by atoms with van der Waals surface area (Å²) >= 11 is 0. The molecule has 0 N–H and O–H groups in total. The van der Waals surface area contributed by atoms with E-state index in [0.29, 0.717) is 18.8 Å². The molecule has 0 fully saturated rings. The molecule has 0 bridgehead atoms. The van der Waals surface area contributed by atoms with Crippen LogP contribution in [0.5, 0.6) is 0 Å². The van der Waals surface area contributed by atoms with Gasteiger partial charge in [-0.1, -0.05) is 18.6 Å². The Morgan fingerprint density at radius 2 is 2.33 bits per heavy atom. The Labute approximate surface area is 109 Å². The van der Waals surface area contributed by atoms with Crippen LogP contribution in [0.3, 0.4) is 0 Å². The van der Waals surface area contributed by atoms with Gasteiger partial charge in [-0.25, -0.2) is 4.79 Å². The zero-order valence-electron chi connectivity index (χ0n) is 10.9. The van der Waals surface area contributed by atoms with Gasteiger partial charge in [0.2, 0.25) is 0 Å². The molecule has 1 aliphatic rings. The fourth-order valence-corrected chi connectivity index (χ4v) is 1.95. The summed E-state index contributed by atoms with van der Waals surface area (Å²) in [6.07, 6.45) is 5.80. The average molecular weight is 248 g/mol. The van der Waals surface area contributed by atoms with Crippen LogP contribution >= 0.6 is 0 Å². The second kappa shape index (κ2) is 7.54. The van der Waals surface area contributed by atoms with Gasteiger partial charge >= 0.3 is 5.97 Å². The Bertz CT molecular complexity index is 380. The smallest absolute Gasteiger partial charge is 0.354 e. The summed E-state index contributed by atoms with van der Waals surface area (Å²) in [7, 11) is 0. The molecule has 0 radical (unpaired) electrons. The third kappa shape index (κ3) is 4.25. The lowest BCUT2D eigenvalue weighted by Gasteiger charge is -2.22. The van der Waals surface area contributed by atoms with Crippen molar-refractivity contribution >= 4 is 5.97 Å². The molecule has 0 aliphatic carbocycles. The number of ether oxygens (including phenoxy) is 1. The minimum Gasteiger partial charge on any atom is -0.461 e. The van der Waals surface area contributed by atoms with Gasteiger partial charge in [-0.15, -0.1) is 0 Å². The standard InChI is InChI=1S/C14H20N2O2/c1-3-18-14(17)13-11-12(2)7-5-4-6-9-16(13)10-8-15/h11H,2-7,9-10H2,1H3/b13-11-. The number of esters is 1. The zero-order valence-corrected chi connectivity index (χ0v) is 10.9. The number of hydrogen-bond acceptors (Lipinski definition) is 4. The van der Waals surface area contributed by atoms with Crippen LogP contribution in [-0.2, 0) is 9.53 Å². The predicted molar refractivity (Wildman–Crippen MR) is 69.5 cm³/mol. The fraction of sp³-hybridized carbons (Fsp3) is 0.571. The number of allylic oxidation sites excluding steroid dienone is 2. The molecule has 0 saturated carbocycles. The molecule has 98 valence electrons. The molecule has 1 rings (SSSR count). The highest BCUT2D eigenvalue weighted by molar-refractivity contribution is 5.88. The third-order valence-electron chi connectivity index (χ3n) is 2.85. The van der Waals surface area contributed by atoms with E-state index in [1.165, 1.54) is 0 Å². The van der Waals surface area contributed by atoms with Crippen molar-refractivity contribution in [1.29, 1.82) is 5.26 Å². The van der Waals surface area contributed by atoms with E-state index < -0.39 is 0 Å². The van der Waals surface area contributed by atoms with Gasteiger partial charge in [-0.05, 0) is 32.3 Å². The third-order valence-corrected chi connectivity index (χ3v) is 2.85. The first-order valence-corrected chi connectivity index (χ1v) is 6.37. The first-order valence-electron chi connectivity index (χ1n) is 6.37. The highest BCUT2D eigenvalue weighted by atomic mass is 16.5. The molecule has 0 aromatic heterocycles. The van der Waals surface area contributed by atoms with Crippen molar-refractivity contribution in [2.45, 2.75) is 32.6 Å². The largest absolute Gasteiger partial charge is 0.461 e. The number of carbonyl (C=O) groups is 1. The Kier molecular flexibility index (Phi) is 5.99.